The number of hydrogen-bond donors (Lipinski definition) is 1. The highest BCUT2D eigenvalue weighted by atomic mass is 14.8. The van der Waals surface area contributed by atoms with Crippen molar-refractivity contribution in [1.82, 2.24) is 5.32 Å². The molecule has 0 fully saturated rings. The number of nitrogens with one attached hydrogen (secondary N) is 1. The van der Waals surface area contributed by atoms with E-state index in [2.05, 4.69) is 75.5 Å². The van der Waals surface area contributed by atoms with E-state index < -0.39 is 0 Å². The van der Waals surface area contributed by atoms with Crippen LogP contribution in [-0.2, 0) is 6.54 Å². The molecular formula is C20H27N. The fourth-order valence-electron chi connectivity index (χ4n) is 2.97. The molecule has 0 heterocycles. The second-order valence-corrected chi connectivity index (χ2v) is 6.15. The molecule has 0 spiro atoms. The molecule has 1 heteroatoms. The molecule has 0 aliphatic rings. The van der Waals surface area contributed by atoms with Gasteiger partial charge in [-0.15, -0.1) is 0 Å². The first kappa shape index (κ1) is 15.8. The molecule has 0 bridgehead atoms. The Balaban J connectivity index is 1.83. The van der Waals surface area contributed by atoms with Gasteiger partial charge in [0.05, 0.1) is 0 Å². The van der Waals surface area contributed by atoms with Crippen molar-refractivity contribution in [2.75, 3.05) is 6.54 Å². The molecule has 0 aliphatic heterocycles. The van der Waals surface area contributed by atoms with E-state index in [1.54, 1.807) is 0 Å². The molecule has 2 aromatic carbocycles. The number of aryl methyl sites for hydroxylation is 3. The van der Waals surface area contributed by atoms with Crippen molar-refractivity contribution in [3.8, 4) is 0 Å². The van der Waals surface area contributed by atoms with Gasteiger partial charge in [0.15, 0.2) is 0 Å². The second kappa shape index (κ2) is 7.42. The Morgan fingerprint density at radius 3 is 2.19 bits per heavy atom. The van der Waals surface area contributed by atoms with Gasteiger partial charge in [-0.05, 0) is 61.9 Å². The lowest BCUT2D eigenvalue weighted by Crippen LogP contribution is -2.18. The predicted molar refractivity (Wildman–Crippen MR) is 91.8 cm³/mol. The summed E-state index contributed by atoms with van der Waals surface area (Å²) in [6.45, 7) is 10.9. The minimum Gasteiger partial charge on any atom is -0.313 e. The van der Waals surface area contributed by atoms with E-state index in [9.17, 15) is 0 Å². The van der Waals surface area contributed by atoms with E-state index in [1.807, 2.05) is 0 Å². The van der Waals surface area contributed by atoms with Crippen LogP contribution in [-0.4, -0.2) is 6.54 Å². The monoisotopic (exact) mass is 281 g/mol. The molecule has 0 radical (unpaired) electrons. The van der Waals surface area contributed by atoms with Crippen LogP contribution in [0.5, 0.6) is 0 Å². The maximum absolute atomic E-state index is 3.60. The fraction of sp³-hybridized carbons (Fsp3) is 0.400. The molecular weight excluding hydrogens is 254 g/mol. The lowest BCUT2D eigenvalue weighted by Gasteiger charge is -2.15. The standard InChI is InChI=1S/C20H27N/c1-15-12-17(3)20(18(4)13-15)14-21-11-10-16(2)19-8-6-5-7-9-19/h5-9,12-13,16,21H,10-11,14H2,1-4H3. The zero-order valence-corrected chi connectivity index (χ0v) is 13.7. The Labute approximate surface area is 129 Å². The van der Waals surface area contributed by atoms with Gasteiger partial charge in [0.2, 0.25) is 0 Å². The normalized spacial score (nSPS) is 12.4. The maximum atomic E-state index is 3.60. The smallest absolute Gasteiger partial charge is 0.0210 e. The van der Waals surface area contributed by atoms with E-state index in [0.29, 0.717) is 5.92 Å². The Bertz CT molecular complexity index is 549. The lowest BCUT2D eigenvalue weighted by molar-refractivity contribution is 0.592. The van der Waals surface area contributed by atoms with Gasteiger partial charge in [-0.25, -0.2) is 0 Å². The SMILES string of the molecule is Cc1cc(C)c(CNCCC(C)c2ccccc2)c(C)c1. The summed E-state index contributed by atoms with van der Waals surface area (Å²) < 4.78 is 0. The number of hydrogen-bond acceptors (Lipinski definition) is 1. The van der Waals surface area contributed by atoms with Crippen LogP contribution >= 0.6 is 0 Å². The first-order valence-electron chi connectivity index (χ1n) is 7.90. The zero-order chi connectivity index (χ0) is 15.2. The van der Waals surface area contributed by atoms with E-state index in [4.69, 9.17) is 0 Å². The van der Waals surface area contributed by atoms with Crippen LogP contribution in [0.3, 0.4) is 0 Å². The van der Waals surface area contributed by atoms with Crippen LogP contribution in [0.4, 0.5) is 0 Å². The largest absolute Gasteiger partial charge is 0.313 e. The summed E-state index contributed by atoms with van der Waals surface area (Å²) in [5.74, 6) is 0.610. The molecule has 2 rings (SSSR count). The van der Waals surface area contributed by atoms with Gasteiger partial charge in [-0.1, -0.05) is 55.0 Å². The van der Waals surface area contributed by atoms with Crippen molar-refractivity contribution in [3.63, 3.8) is 0 Å². The van der Waals surface area contributed by atoms with Crippen LogP contribution in [0.1, 0.15) is 47.1 Å². The third-order valence-electron chi connectivity index (χ3n) is 4.26. The van der Waals surface area contributed by atoms with Crippen LogP contribution in [0.2, 0.25) is 0 Å². The van der Waals surface area contributed by atoms with Crippen LogP contribution in [0.15, 0.2) is 42.5 Å². The summed E-state index contributed by atoms with van der Waals surface area (Å²) in [5.41, 5.74) is 7.04. The van der Waals surface area contributed by atoms with Gasteiger partial charge in [0.1, 0.15) is 0 Å². The number of rotatable bonds is 6. The Hall–Kier alpha value is -1.60. The van der Waals surface area contributed by atoms with Crippen LogP contribution in [0.25, 0.3) is 0 Å². The van der Waals surface area contributed by atoms with E-state index in [-0.39, 0.29) is 0 Å². The molecule has 1 nitrogen and oxygen atoms in total. The highest BCUT2D eigenvalue weighted by molar-refractivity contribution is 5.37. The Morgan fingerprint density at radius 2 is 1.57 bits per heavy atom. The third kappa shape index (κ3) is 4.44. The van der Waals surface area contributed by atoms with Gasteiger partial charge in [-0.2, -0.15) is 0 Å². The Kier molecular flexibility index (Phi) is 5.58. The van der Waals surface area contributed by atoms with E-state index in [0.717, 1.165) is 13.1 Å². The fourth-order valence-corrected chi connectivity index (χ4v) is 2.97. The minimum atomic E-state index is 0.610. The lowest BCUT2D eigenvalue weighted by atomic mass is 9.97. The zero-order valence-electron chi connectivity index (χ0n) is 13.7. The average molecular weight is 281 g/mol. The first-order chi connectivity index (χ1) is 10.1. The molecule has 0 aliphatic carbocycles. The highest BCUT2D eigenvalue weighted by Gasteiger charge is 2.06. The molecule has 0 aromatic heterocycles. The number of benzene rings is 2. The van der Waals surface area contributed by atoms with Crippen LogP contribution in [0, 0.1) is 20.8 Å². The predicted octanol–water partition coefficient (Wildman–Crippen LogP) is 4.90. The summed E-state index contributed by atoms with van der Waals surface area (Å²) in [5, 5.41) is 3.60. The van der Waals surface area contributed by atoms with E-state index >= 15 is 0 Å². The van der Waals surface area contributed by atoms with Crippen molar-refractivity contribution in [2.45, 2.75) is 46.6 Å². The van der Waals surface area contributed by atoms with Gasteiger partial charge >= 0.3 is 0 Å². The highest BCUT2D eigenvalue weighted by Crippen LogP contribution is 2.18. The van der Waals surface area contributed by atoms with Gasteiger partial charge < -0.3 is 5.32 Å². The first-order valence-corrected chi connectivity index (χ1v) is 7.90. The van der Waals surface area contributed by atoms with Crippen molar-refractivity contribution in [3.05, 3.63) is 70.3 Å². The van der Waals surface area contributed by atoms with Crippen molar-refractivity contribution >= 4 is 0 Å². The van der Waals surface area contributed by atoms with Crippen molar-refractivity contribution < 1.29 is 0 Å². The molecule has 1 atom stereocenters. The molecule has 1 N–H and O–H groups in total. The summed E-state index contributed by atoms with van der Waals surface area (Å²) in [6.07, 6.45) is 1.17. The maximum Gasteiger partial charge on any atom is 0.0210 e. The quantitative estimate of drug-likeness (QED) is 0.743. The van der Waals surface area contributed by atoms with Crippen LogP contribution < -0.4 is 5.32 Å². The average Bonchev–Trinajstić information content (AvgIpc) is 2.46. The molecule has 1 unspecified atom stereocenters. The molecule has 0 saturated heterocycles. The van der Waals surface area contributed by atoms with Crippen molar-refractivity contribution in [2.24, 2.45) is 0 Å². The topological polar surface area (TPSA) is 12.0 Å². The van der Waals surface area contributed by atoms with E-state index in [1.165, 1.54) is 34.2 Å². The van der Waals surface area contributed by atoms with Gasteiger partial charge in [-0.3, -0.25) is 0 Å². The second-order valence-electron chi connectivity index (χ2n) is 6.15. The molecule has 0 saturated carbocycles. The van der Waals surface area contributed by atoms with Gasteiger partial charge in [0.25, 0.3) is 0 Å². The summed E-state index contributed by atoms with van der Waals surface area (Å²) in [7, 11) is 0. The van der Waals surface area contributed by atoms with Crippen molar-refractivity contribution in [1.29, 1.82) is 0 Å². The molecule has 2 aromatic rings. The summed E-state index contributed by atoms with van der Waals surface area (Å²) >= 11 is 0. The Morgan fingerprint density at radius 1 is 0.952 bits per heavy atom. The van der Waals surface area contributed by atoms with Gasteiger partial charge in [0, 0.05) is 6.54 Å². The summed E-state index contributed by atoms with van der Waals surface area (Å²) in [4.78, 5) is 0. The molecule has 21 heavy (non-hydrogen) atoms. The minimum absolute atomic E-state index is 0.610. The third-order valence-corrected chi connectivity index (χ3v) is 4.26. The molecule has 112 valence electrons. The molecule has 0 amide bonds. The summed E-state index contributed by atoms with van der Waals surface area (Å²) in [6, 6.07) is 15.3.